The fourth-order valence-electron chi connectivity index (χ4n) is 4.07. The Morgan fingerprint density at radius 3 is 1.97 bits per heavy atom. The molecule has 1 unspecified atom stereocenters. The molecule has 0 radical (unpaired) electrons. The van der Waals surface area contributed by atoms with Gasteiger partial charge in [-0.05, 0) is 27.8 Å². The van der Waals surface area contributed by atoms with Crippen molar-refractivity contribution in [3.8, 4) is 11.1 Å². The maximum Gasteiger partial charge on any atom is 0.410 e. The van der Waals surface area contributed by atoms with Gasteiger partial charge in [-0.1, -0.05) is 78.9 Å². The third-order valence-corrected chi connectivity index (χ3v) is 5.60. The van der Waals surface area contributed by atoms with Gasteiger partial charge in [-0.25, -0.2) is 9.59 Å². The lowest BCUT2D eigenvalue weighted by atomic mass is 9.98. The highest BCUT2D eigenvalue weighted by atomic mass is 16.6. The predicted molar refractivity (Wildman–Crippen MR) is 116 cm³/mol. The van der Waals surface area contributed by atoms with E-state index in [-0.39, 0.29) is 19.1 Å². The van der Waals surface area contributed by atoms with Crippen molar-refractivity contribution in [3.63, 3.8) is 0 Å². The van der Waals surface area contributed by atoms with Crippen LogP contribution in [0.5, 0.6) is 0 Å². The van der Waals surface area contributed by atoms with Gasteiger partial charge in [0.2, 0.25) is 0 Å². The highest BCUT2D eigenvalue weighted by Crippen LogP contribution is 2.44. The lowest BCUT2D eigenvalue weighted by Crippen LogP contribution is -2.47. The van der Waals surface area contributed by atoms with E-state index >= 15 is 0 Å². The number of amides is 1. The summed E-state index contributed by atoms with van der Waals surface area (Å²) in [4.78, 5) is 25.7. The first-order valence-electron chi connectivity index (χ1n) is 10.1. The number of carbonyl (C=O) groups is 2. The molecule has 31 heavy (non-hydrogen) atoms. The van der Waals surface area contributed by atoms with Gasteiger partial charge in [0.15, 0.2) is 6.04 Å². The van der Waals surface area contributed by atoms with Crippen molar-refractivity contribution in [1.82, 2.24) is 4.90 Å². The summed E-state index contributed by atoms with van der Waals surface area (Å²) in [6.07, 6.45) is -0.771. The zero-order valence-corrected chi connectivity index (χ0v) is 16.8. The van der Waals surface area contributed by atoms with E-state index < -0.39 is 24.7 Å². The molecule has 0 saturated heterocycles. The van der Waals surface area contributed by atoms with Crippen LogP contribution in [0.25, 0.3) is 11.1 Å². The first-order chi connectivity index (χ1) is 15.1. The van der Waals surface area contributed by atoms with Crippen molar-refractivity contribution < 1.29 is 24.5 Å². The molecule has 0 aliphatic heterocycles. The first kappa shape index (κ1) is 20.6. The van der Waals surface area contributed by atoms with Crippen molar-refractivity contribution >= 4 is 12.1 Å². The average Bonchev–Trinajstić information content (AvgIpc) is 3.11. The Morgan fingerprint density at radius 2 is 1.42 bits per heavy atom. The molecule has 1 aliphatic rings. The van der Waals surface area contributed by atoms with Crippen LogP contribution < -0.4 is 0 Å². The van der Waals surface area contributed by atoms with Crippen LogP contribution in [0.15, 0.2) is 78.9 Å². The minimum atomic E-state index is -1.39. The van der Waals surface area contributed by atoms with E-state index in [2.05, 4.69) is 0 Å². The number of benzene rings is 3. The number of fused-ring (bicyclic) bond motifs is 3. The Hall–Kier alpha value is -3.64. The number of ether oxygens (including phenoxy) is 1. The molecule has 0 aromatic heterocycles. The number of carbonyl (C=O) groups excluding carboxylic acids is 1. The lowest BCUT2D eigenvalue weighted by molar-refractivity contribution is -0.144. The summed E-state index contributed by atoms with van der Waals surface area (Å²) in [5, 5.41) is 19.1. The fraction of sp³-hybridized carbons (Fsp3) is 0.200. The molecule has 0 spiro atoms. The van der Waals surface area contributed by atoms with Crippen molar-refractivity contribution in [1.29, 1.82) is 0 Å². The maximum atomic E-state index is 13.0. The number of carboxylic acids is 1. The summed E-state index contributed by atoms with van der Waals surface area (Å²) in [5.41, 5.74) is 5.11. The zero-order chi connectivity index (χ0) is 21.8. The molecule has 3 aromatic carbocycles. The molecule has 1 amide bonds. The molecule has 0 saturated carbocycles. The van der Waals surface area contributed by atoms with Crippen molar-refractivity contribution in [2.45, 2.75) is 18.5 Å². The van der Waals surface area contributed by atoms with Gasteiger partial charge in [-0.2, -0.15) is 0 Å². The van der Waals surface area contributed by atoms with Crippen molar-refractivity contribution in [2.75, 3.05) is 13.2 Å². The minimum Gasteiger partial charge on any atom is -0.480 e. The molecule has 0 heterocycles. The highest BCUT2D eigenvalue weighted by molar-refractivity contribution is 5.81. The van der Waals surface area contributed by atoms with Gasteiger partial charge in [0, 0.05) is 5.92 Å². The SMILES string of the molecule is O=C(O)C(CO)N(Cc1ccccc1)C(=O)OCC1c2ccccc2-c2ccccc21. The minimum absolute atomic E-state index is 0.0229. The van der Waals surface area contributed by atoms with E-state index in [1.54, 1.807) is 24.3 Å². The van der Waals surface area contributed by atoms with E-state index in [0.717, 1.165) is 32.7 Å². The van der Waals surface area contributed by atoms with Gasteiger partial charge in [-0.15, -0.1) is 0 Å². The summed E-state index contributed by atoms with van der Waals surface area (Å²) in [5.74, 6) is -1.42. The zero-order valence-electron chi connectivity index (χ0n) is 16.8. The Bertz CT molecular complexity index is 1040. The predicted octanol–water partition coefficient (Wildman–Crippen LogP) is 3.88. The Labute approximate surface area is 180 Å². The smallest absolute Gasteiger partial charge is 0.410 e. The van der Waals surface area contributed by atoms with Crippen LogP contribution in [0.1, 0.15) is 22.6 Å². The van der Waals surface area contributed by atoms with Crippen LogP contribution in [0, 0.1) is 0 Å². The number of carboxylic acid groups (broad SMARTS) is 1. The number of rotatable bonds is 7. The Morgan fingerprint density at radius 1 is 0.871 bits per heavy atom. The average molecular weight is 417 g/mol. The van der Waals surface area contributed by atoms with Crippen molar-refractivity contribution in [2.24, 2.45) is 0 Å². The quantitative estimate of drug-likeness (QED) is 0.609. The second-order valence-corrected chi connectivity index (χ2v) is 7.45. The second kappa shape index (κ2) is 9.02. The Kier molecular flexibility index (Phi) is 6.00. The summed E-state index contributed by atoms with van der Waals surface area (Å²) >= 11 is 0. The molecule has 6 nitrogen and oxygen atoms in total. The number of hydrogen-bond donors (Lipinski definition) is 2. The molecule has 4 rings (SSSR count). The molecule has 1 atom stereocenters. The Balaban J connectivity index is 1.56. The molecule has 0 bridgehead atoms. The van der Waals surface area contributed by atoms with E-state index in [1.807, 2.05) is 54.6 Å². The van der Waals surface area contributed by atoms with Gasteiger partial charge >= 0.3 is 12.1 Å². The maximum absolute atomic E-state index is 13.0. The monoisotopic (exact) mass is 417 g/mol. The molecule has 0 fully saturated rings. The van der Waals surface area contributed by atoms with E-state index in [1.165, 1.54) is 0 Å². The summed E-state index contributed by atoms with van der Waals surface area (Å²) in [6.45, 7) is -0.600. The summed E-state index contributed by atoms with van der Waals surface area (Å²) < 4.78 is 5.62. The van der Waals surface area contributed by atoms with E-state index in [0.29, 0.717) is 0 Å². The van der Waals surface area contributed by atoms with Crippen LogP contribution in [-0.4, -0.2) is 46.4 Å². The second-order valence-electron chi connectivity index (χ2n) is 7.45. The highest BCUT2D eigenvalue weighted by Gasteiger charge is 2.33. The largest absolute Gasteiger partial charge is 0.480 e. The molecule has 6 heteroatoms. The van der Waals surface area contributed by atoms with Crippen LogP contribution in [0.2, 0.25) is 0 Å². The normalized spacial score (nSPS) is 13.2. The van der Waals surface area contributed by atoms with Crippen LogP contribution in [0.3, 0.4) is 0 Å². The van der Waals surface area contributed by atoms with Crippen LogP contribution in [-0.2, 0) is 16.1 Å². The molecule has 2 N–H and O–H groups in total. The van der Waals surface area contributed by atoms with Gasteiger partial charge in [0.25, 0.3) is 0 Å². The molecule has 158 valence electrons. The topological polar surface area (TPSA) is 87.1 Å². The third-order valence-electron chi connectivity index (χ3n) is 5.60. The van der Waals surface area contributed by atoms with Crippen LogP contribution >= 0.6 is 0 Å². The number of hydrogen-bond acceptors (Lipinski definition) is 4. The van der Waals surface area contributed by atoms with Crippen LogP contribution in [0.4, 0.5) is 4.79 Å². The van der Waals surface area contributed by atoms with E-state index in [4.69, 9.17) is 4.74 Å². The standard InChI is InChI=1S/C25H23NO5/c27-15-23(24(28)29)26(14-17-8-2-1-3-9-17)25(30)31-16-22-20-12-6-4-10-18(20)19-11-5-7-13-21(19)22/h1-13,22-23,27H,14-16H2,(H,28,29). The molecular weight excluding hydrogens is 394 g/mol. The first-order valence-corrected chi connectivity index (χ1v) is 10.1. The van der Waals surface area contributed by atoms with Gasteiger partial charge in [0.05, 0.1) is 13.2 Å². The fourth-order valence-corrected chi connectivity index (χ4v) is 4.07. The van der Waals surface area contributed by atoms with Gasteiger partial charge in [-0.3, -0.25) is 4.90 Å². The number of aliphatic hydroxyl groups is 1. The summed E-state index contributed by atoms with van der Waals surface area (Å²) in [6, 6.07) is 23.6. The number of nitrogens with zero attached hydrogens (tertiary/aromatic N) is 1. The van der Waals surface area contributed by atoms with E-state index in [9.17, 15) is 19.8 Å². The molecule has 3 aromatic rings. The lowest BCUT2D eigenvalue weighted by Gasteiger charge is -2.28. The molecule has 1 aliphatic carbocycles. The van der Waals surface area contributed by atoms with Gasteiger partial charge < -0.3 is 14.9 Å². The number of aliphatic carboxylic acids is 1. The molecular formula is C25H23NO5. The van der Waals surface area contributed by atoms with Crippen molar-refractivity contribution in [3.05, 3.63) is 95.6 Å². The summed E-state index contributed by atoms with van der Waals surface area (Å²) in [7, 11) is 0. The van der Waals surface area contributed by atoms with Gasteiger partial charge in [0.1, 0.15) is 6.61 Å². The third kappa shape index (κ3) is 4.15. The number of aliphatic hydroxyl groups excluding tert-OH is 1.